The first-order valence-electron chi connectivity index (χ1n) is 5.30. The van der Waals surface area contributed by atoms with E-state index >= 15 is 0 Å². The van der Waals surface area contributed by atoms with Crippen LogP contribution in [0.15, 0.2) is 6.07 Å². The van der Waals surface area contributed by atoms with E-state index in [0.717, 1.165) is 5.69 Å². The number of nitrogens with zero attached hydrogens (tertiary/aromatic N) is 3. The second kappa shape index (κ2) is 5.31. The molecule has 0 saturated heterocycles. The van der Waals surface area contributed by atoms with Gasteiger partial charge in [0.1, 0.15) is 5.69 Å². The number of aromatic nitrogens is 2. The Balaban J connectivity index is 2.69. The van der Waals surface area contributed by atoms with Gasteiger partial charge in [0.05, 0.1) is 17.7 Å². The Kier molecular flexibility index (Phi) is 4.06. The van der Waals surface area contributed by atoms with Crippen molar-refractivity contribution in [3.8, 4) is 6.07 Å². The molecule has 86 valence electrons. The average Bonchev–Trinajstić information content (AvgIpc) is 2.66. The third kappa shape index (κ3) is 2.83. The van der Waals surface area contributed by atoms with Gasteiger partial charge in [0.2, 0.25) is 0 Å². The van der Waals surface area contributed by atoms with Crippen LogP contribution in [0.1, 0.15) is 30.0 Å². The third-order valence-corrected chi connectivity index (χ3v) is 2.22. The molecule has 0 fully saturated rings. The molecule has 0 bridgehead atoms. The predicted molar refractivity (Wildman–Crippen MR) is 59.7 cm³/mol. The molecule has 0 aromatic carbocycles. The molecule has 1 heterocycles. The third-order valence-electron chi connectivity index (χ3n) is 2.22. The van der Waals surface area contributed by atoms with E-state index < -0.39 is 0 Å². The van der Waals surface area contributed by atoms with Crippen LogP contribution in [0.5, 0.6) is 0 Å². The van der Waals surface area contributed by atoms with Gasteiger partial charge in [0, 0.05) is 13.1 Å². The summed E-state index contributed by atoms with van der Waals surface area (Å²) >= 11 is 0. The summed E-state index contributed by atoms with van der Waals surface area (Å²) in [5.74, 6) is -0.354. The number of nitriles is 1. The van der Waals surface area contributed by atoms with Gasteiger partial charge < -0.3 is 5.32 Å². The molecule has 1 aromatic rings. The van der Waals surface area contributed by atoms with Crippen molar-refractivity contribution in [2.24, 2.45) is 5.92 Å². The van der Waals surface area contributed by atoms with Crippen LogP contribution in [0.25, 0.3) is 0 Å². The van der Waals surface area contributed by atoms with Gasteiger partial charge in [-0.15, -0.1) is 0 Å². The maximum atomic E-state index is 11.8. The first kappa shape index (κ1) is 12.2. The molecule has 0 radical (unpaired) electrons. The van der Waals surface area contributed by atoms with Crippen molar-refractivity contribution in [2.45, 2.75) is 27.3 Å². The van der Waals surface area contributed by atoms with Gasteiger partial charge >= 0.3 is 0 Å². The smallest absolute Gasteiger partial charge is 0.269 e. The second-order valence-corrected chi connectivity index (χ2v) is 3.73. The molecular formula is C11H16N4O. The van der Waals surface area contributed by atoms with Crippen molar-refractivity contribution in [3.63, 3.8) is 0 Å². The monoisotopic (exact) mass is 220 g/mol. The fraction of sp³-hybridized carbons (Fsp3) is 0.545. The number of carbonyl (C=O) groups is 1. The number of hydrogen-bond acceptors (Lipinski definition) is 3. The minimum atomic E-state index is -0.178. The Morgan fingerprint density at radius 2 is 2.44 bits per heavy atom. The maximum absolute atomic E-state index is 11.8. The molecule has 5 nitrogen and oxygen atoms in total. The van der Waals surface area contributed by atoms with Crippen molar-refractivity contribution in [1.29, 1.82) is 5.26 Å². The van der Waals surface area contributed by atoms with E-state index in [1.165, 1.54) is 0 Å². The van der Waals surface area contributed by atoms with Crippen molar-refractivity contribution in [3.05, 3.63) is 17.5 Å². The van der Waals surface area contributed by atoms with Crippen LogP contribution in [0.4, 0.5) is 0 Å². The lowest BCUT2D eigenvalue weighted by atomic mass is 10.2. The molecule has 5 heteroatoms. The number of hydrogen-bond donors (Lipinski definition) is 1. The molecule has 16 heavy (non-hydrogen) atoms. The van der Waals surface area contributed by atoms with Crippen molar-refractivity contribution >= 4 is 5.91 Å². The van der Waals surface area contributed by atoms with E-state index in [1.54, 1.807) is 17.7 Å². The zero-order chi connectivity index (χ0) is 12.1. The Labute approximate surface area is 95.1 Å². The maximum Gasteiger partial charge on any atom is 0.269 e. The molecule has 0 saturated carbocycles. The van der Waals surface area contributed by atoms with E-state index in [1.807, 2.05) is 13.8 Å². The number of amides is 1. The second-order valence-electron chi connectivity index (χ2n) is 3.73. The molecule has 1 N–H and O–H groups in total. The lowest BCUT2D eigenvalue weighted by molar-refractivity contribution is 0.0940. The molecule has 0 aliphatic heterocycles. The lowest BCUT2D eigenvalue weighted by Crippen LogP contribution is -2.29. The number of carbonyl (C=O) groups excluding carboxylic acids is 1. The highest BCUT2D eigenvalue weighted by Gasteiger charge is 2.13. The molecule has 0 aliphatic carbocycles. The molecule has 1 aromatic heterocycles. The van der Waals surface area contributed by atoms with Crippen molar-refractivity contribution < 1.29 is 4.79 Å². The van der Waals surface area contributed by atoms with E-state index in [4.69, 9.17) is 5.26 Å². The number of aryl methyl sites for hydroxylation is 2. The molecule has 0 spiro atoms. The van der Waals surface area contributed by atoms with E-state index in [-0.39, 0.29) is 11.8 Å². The highest BCUT2D eigenvalue weighted by molar-refractivity contribution is 5.92. The summed E-state index contributed by atoms with van der Waals surface area (Å²) in [6.07, 6.45) is 0. The van der Waals surface area contributed by atoms with Crippen LogP contribution in [0.2, 0.25) is 0 Å². The normalized spacial score (nSPS) is 11.9. The average molecular weight is 220 g/mol. The Hall–Kier alpha value is -1.83. The van der Waals surface area contributed by atoms with Gasteiger partial charge in [-0.05, 0) is 26.8 Å². The van der Waals surface area contributed by atoms with Crippen molar-refractivity contribution in [1.82, 2.24) is 15.1 Å². The first-order chi connectivity index (χ1) is 7.58. The van der Waals surface area contributed by atoms with Gasteiger partial charge in [-0.1, -0.05) is 0 Å². The fourth-order valence-electron chi connectivity index (χ4n) is 1.35. The standard InChI is InChI=1S/C11H16N4O/c1-4-15-10(5-9(3)14-15)11(16)13-7-8(2)6-12/h5,8H,4,7H2,1-3H3,(H,13,16). The molecular weight excluding hydrogens is 204 g/mol. The van der Waals surface area contributed by atoms with Gasteiger partial charge in [0.25, 0.3) is 5.91 Å². The van der Waals surface area contributed by atoms with Crippen LogP contribution < -0.4 is 5.32 Å². The summed E-state index contributed by atoms with van der Waals surface area (Å²) in [6, 6.07) is 3.81. The van der Waals surface area contributed by atoms with Crippen molar-refractivity contribution in [2.75, 3.05) is 6.54 Å². The van der Waals surface area contributed by atoms with E-state index in [9.17, 15) is 4.79 Å². The van der Waals surface area contributed by atoms with Crippen LogP contribution in [0.3, 0.4) is 0 Å². The van der Waals surface area contributed by atoms with Crippen LogP contribution in [-0.2, 0) is 6.54 Å². The molecule has 0 aliphatic rings. The Morgan fingerprint density at radius 3 is 3.00 bits per heavy atom. The molecule has 1 rings (SSSR count). The summed E-state index contributed by atoms with van der Waals surface area (Å²) in [5.41, 5.74) is 1.37. The predicted octanol–water partition coefficient (Wildman–Crippen LogP) is 1.10. The Morgan fingerprint density at radius 1 is 1.75 bits per heavy atom. The van der Waals surface area contributed by atoms with Crippen LogP contribution in [-0.4, -0.2) is 22.2 Å². The SMILES string of the molecule is CCn1nc(C)cc1C(=O)NCC(C)C#N. The lowest BCUT2D eigenvalue weighted by Gasteiger charge is -2.07. The Bertz CT molecular complexity index is 416. The van der Waals surface area contributed by atoms with Gasteiger partial charge in [-0.2, -0.15) is 10.4 Å². The highest BCUT2D eigenvalue weighted by atomic mass is 16.2. The quantitative estimate of drug-likeness (QED) is 0.826. The zero-order valence-corrected chi connectivity index (χ0v) is 9.82. The topological polar surface area (TPSA) is 70.7 Å². The van der Waals surface area contributed by atoms with Crippen LogP contribution >= 0.6 is 0 Å². The first-order valence-corrected chi connectivity index (χ1v) is 5.30. The zero-order valence-electron chi connectivity index (χ0n) is 9.82. The summed E-state index contributed by atoms with van der Waals surface area (Å²) < 4.78 is 1.65. The summed E-state index contributed by atoms with van der Waals surface area (Å²) in [6.45, 7) is 6.57. The summed E-state index contributed by atoms with van der Waals surface area (Å²) in [4.78, 5) is 11.8. The highest BCUT2D eigenvalue weighted by Crippen LogP contribution is 2.03. The van der Waals surface area contributed by atoms with Crippen LogP contribution in [0, 0.1) is 24.2 Å². The minimum absolute atomic E-state index is 0.176. The molecule has 1 amide bonds. The van der Waals surface area contributed by atoms with Gasteiger partial charge in [-0.3, -0.25) is 9.48 Å². The number of nitrogens with one attached hydrogen (secondary N) is 1. The minimum Gasteiger partial charge on any atom is -0.349 e. The largest absolute Gasteiger partial charge is 0.349 e. The number of rotatable bonds is 4. The summed E-state index contributed by atoms with van der Waals surface area (Å²) in [5, 5.41) is 15.5. The molecule has 1 unspecified atom stereocenters. The van der Waals surface area contributed by atoms with E-state index in [0.29, 0.717) is 18.8 Å². The molecule has 1 atom stereocenters. The van der Waals surface area contributed by atoms with Gasteiger partial charge in [0.15, 0.2) is 0 Å². The summed E-state index contributed by atoms with van der Waals surface area (Å²) in [7, 11) is 0. The fourth-order valence-corrected chi connectivity index (χ4v) is 1.35. The van der Waals surface area contributed by atoms with E-state index in [2.05, 4.69) is 16.5 Å². The van der Waals surface area contributed by atoms with Gasteiger partial charge in [-0.25, -0.2) is 0 Å².